The van der Waals surface area contributed by atoms with Gasteiger partial charge in [-0.05, 0) is 19.3 Å². The van der Waals surface area contributed by atoms with Gasteiger partial charge in [0.05, 0.1) is 6.04 Å². The molecular weight excluding hydrogens is 192 g/mol. The summed E-state index contributed by atoms with van der Waals surface area (Å²) in [7, 11) is 0. The normalized spacial score (nSPS) is 31.4. The van der Waals surface area contributed by atoms with Crippen molar-refractivity contribution in [3.63, 3.8) is 0 Å². The number of aliphatic hydroxyl groups is 1. The smallest absolute Gasteiger partial charge is 0.404 e. The molecule has 0 aromatic carbocycles. The van der Waals surface area contributed by atoms with E-state index in [4.69, 9.17) is 5.11 Å². The van der Waals surface area contributed by atoms with Crippen LogP contribution in [0.4, 0.5) is 4.79 Å². The van der Waals surface area contributed by atoms with Crippen molar-refractivity contribution in [3.8, 4) is 0 Å². The minimum Gasteiger partial charge on any atom is -0.465 e. The number of rotatable bonds is 3. The lowest BCUT2D eigenvalue weighted by Crippen LogP contribution is -2.52. The average molecular weight is 204 g/mol. The summed E-state index contributed by atoms with van der Waals surface area (Å²) < 4.78 is 0. The maximum Gasteiger partial charge on any atom is 0.404 e. The number of amides is 1. The van der Waals surface area contributed by atoms with E-state index in [2.05, 4.69) is 5.32 Å². The Morgan fingerprint density at radius 1 is 1.71 bits per heavy atom. The maximum absolute atomic E-state index is 10.3. The van der Waals surface area contributed by atoms with Crippen molar-refractivity contribution < 1.29 is 19.9 Å². The molecule has 0 heterocycles. The summed E-state index contributed by atoms with van der Waals surface area (Å²) in [5.41, 5.74) is -1.53. The van der Waals surface area contributed by atoms with Gasteiger partial charge in [0.1, 0.15) is 5.60 Å². The number of nitro groups is 1. The van der Waals surface area contributed by atoms with Gasteiger partial charge in [-0.1, -0.05) is 0 Å². The summed E-state index contributed by atoms with van der Waals surface area (Å²) in [6.07, 6.45) is 0.0314. The van der Waals surface area contributed by atoms with E-state index in [0.717, 1.165) is 0 Å². The Bertz CT molecular complexity index is 256. The molecule has 0 aromatic heterocycles. The summed E-state index contributed by atoms with van der Waals surface area (Å²) in [5.74, 6) is 0. The zero-order chi connectivity index (χ0) is 10.8. The molecule has 7 heteroatoms. The van der Waals surface area contributed by atoms with E-state index in [9.17, 15) is 20.0 Å². The van der Waals surface area contributed by atoms with Crippen LogP contribution in [0.3, 0.4) is 0 Å². The van der Waals surface area contributed by atoms with Crippen molar-refractivity contribution in [1.82, 2.24) is 5.32 Å². The highest BCUT2D eigenvalue weighted by Gasteiger charge is 2.46. The molecule has 0 aliphatic heterocycles. The minimum atomic E-state index is -1.53. The highest BCUT2D eigenvalue weighted by Crippen LogP contribution is 2.30. The van der Waals surface area contributed by atoms with Crippen LogP contribution in [0, 0.1) is 10.1 Å². The second-order valence-electron chi connectivity index (χ2n) is 3.49. The third-order valence-corrected chi connectivity index (χ3v) is 2.45. The summed E-state index contributed by atoms with van der Waals surface area (Å²) in [6.45, 7) is -0.613. The van der Waals surface area contributed by atoms with Crippen LogP contribution < -0.4 is 5.32 Å². The highest BCUT2D eigenvalue weighted by atomic mass is 16.6. The fraction of sp³-hybridized carbons (Fsp3) is 0.857. The Kier molecular flexibility index (Phi) is 2.90. The lowest BCUT2D eigenvalue weighted by Gasteiger charge is -2.25. The Morgan fingerprint density at radius 3 is 2.86 bits per heavy atom. The van der Waals surface area contributed by atoms with Crippen molar-refractivity contribution in [1.29, 1.82) is 0 Å². The van der Waals surface area contributed by atoms with E-state index >= 15 is 0 Å². The fourth-order valence-corrected chi connectivity index (χ4v) is 1.82. The van der Waals surface area contributed by atoms with Gasteiger partial charge in [0.25, 0.3) is 0 Å². The van der Waals surface area contributed by atoms with Crippen LogP contribution in [0.15, 0.2) is 0 Å². The average Bonchev–Trinajstić information content (AvgIpc) is 2.29. The van der Waals surface area contributed by atoms with Gasteiger partial charge < -0.3 is 15.5 Å². The molecule has 1 fully saturated rings. The largest absolute Gasteiger partial charge is 0.465 e. The predicted octanol–water partition coefficient (Wildman–Crippen LogP) is -0.186. The molecule has 14 heavy (non-hydrogen) atoms. The molecule has 7 nitrogen and oxygen atoms in total. The van der Waals surface area contributed by atoms with Crippen molar-refractivity contribution in [2.45, 2.75) is 30.9 Å². The predicted molar refractivity (Wildman–Crippen MR) is 45.6 cm³/mol. The molecule has 1 aliphatic carbocycles. The first kappa shape index (κ1) is 10.7. The van der Waals surface area contributed by atoms with Crippen LogP contribution in [0.1, 0.15) is 19.3 Å². The molecule has 2 unspecified atom stereocenters. The molecule has 1 rings (SSSR count). The van der Waals surface area contributed by atoms with Gasteiger partial charge in [0, 0.05) is 4.92 Å². The van der Waals surface area contributed by atoms with Crippen molar-refractivity contribution in [2.24, 2.45) is 0 Å². The van der Waals surface area contributed by atoms with E-state index in [-0.39, 0.29) is 6.42 Å². The van der Waals surface area contributed by atoms with E-state index < -0.39 is 29.2 Å². The zero-order valence-corrected chi connectivity index (χ0v) is 7.47. The summed E-state index contributed by atoms with van der Waals surface area (Å²) in [5, 5.41) is 30.6. The molecule has 3 N–H and O–H groups in total. The molecule has 1 aliphatic rings. The van der Waals surface area contributed by atoms with Crippen LogP contribution in [-0.2, 0) is 0 Å². The van der Waals surface area contributed by atoms with E-state index in [1.54, 1.807) is 0 Å². The SMILES string of the molecule is O=C(O)NC1CCCC1(O)C[N+](=O)[O-]. The van der Waals surface area contributed by atoms with Gasteiger partial charge in [-0.3, -0.25) is 10.1 Å². The maximum atomic E-state index is 10.3. The molecule has 0 aromatic rings. The number of hydrogen-bond acceptors (Lipinski definition) is 4. The zero-order valence-electron chi connectivity index (χ0n) is 7.47. The highest BCUT2D eigenvalue weighted by molar-refractivity contribution is 5.65. The topological polar surface area (TPSA) is 113 Å². The van der Waals surface area contributed by atoms with Gasteiger partial charge in [-0.25, -0.2) is 4.79 Å². The molecule has 1 saturated carbocycles. The van der Waals surface area contributed by atoms with Crippen molar-refractivity contribution >= 4 is 6.09 Å². The first-order valence-electron chi connectivity index (χ1n) is 4.28. The Labute approximate surface area is 79.9 Å². The first-order valence-corrected chi connectivity index (χ1v) is 4.28. The van der Waals surface area contributed by atoms with Crippen LogP contribution in [0.25, 0.3) is 0 Å². The molecule has 0 radical (unpaired) electrons. The Balaban J connectivity index is 2.65. The summed E-state index contributed by atoms with van der Waals surface area (Å²) in [6, 6.07) is -0.731. The molecule has 0 spiro atoms. The molecular formula is C7H12N2O5. The van der Waals surface area contributed by atoms with E-state index in [0.29, 0.717) is 12.8 Å². The van der Waals surface area contributed by atoms with Gasteiger partial charge >= 0.3 is 6.09 Å². The lowest BCUT2D eigenvalue weighted by molar-refractivity contribution is -0.501. The number of nitrogens with zero attached hydrogens (tertiary/aromatic N) is 1. The van der Waals surface area contributed by atoms with Gasteiger partial charge in [-0.2, -0.15) is 0 Å². The fourth-order valence-electron chi connectivity index (χ4n) is 1.82. The van der Waals surface area contributed by atoms with Crippen LogP contribution in [0.5, 0.6) is 0 Å². The third-order valence-electron chi connectivity index (χ3n) is 2.45. The van der Waals surface area contributed by atoms with E-state index in [1.165, 1.54) is 0 Å². The summed E-state index contributed by atoms with van der Waals surface area (Å²) >= 11 is 0. The van der Waals surface area contributed by atoms with Crippen LogP contribution in [-0.4, -0.2) is 39.4 Å². The van der Waals surface area contributed by atoms with Crippen molar-refractivity contribution in [3.05, 3.63) is 10.1 Å². The van der Waals surface area contributed by atoms with Crippen LogP contribution in [0.2, 0.25) is 0 Å². The number of carbonyl (C=O) groups is 1. The molecule has 80 valence electrons. The molecule has 0 bridgehead atoms. The number of hydrogen-bond donors (Lipinski definition) is 3. The summed E-state index contributed by atoms with van der Waals surface area (Å²) in [4.78, 5) is 20.0. The number of nitrogens with one attached hydrogen (secondary N) is 1. The number of carboxylic acid groups (broad SMARTS) is 1. The van der Waals surface area contributed by atoms with Gasteiger partial charge in [-0.15, -0.1) is 0 Å². The second-order valence-corrected chi connectivity index (χ2v) is 3.49. The van der Waals surface area contributed by atoms with Crippen LogP contribution >= 0.6 is 0 Å². The van der Waals surface area contributed by atoms with Gasteiger partial charge in [0.15, 0.2) is 0 Å². The molecule has 2 atom stereocenters. The lowest BCUT2D eigenvalue weighted by atomic mass is 9.98. The Hall–Kier alpha value is -1.37. The minimum absolute atomic E-state index is 0.263. The monoisotopic (exact) mass is 204 g/mol. The third kappa shape index (κ3) is 2.32. The molecule has 1 amide bonds. The second kappa shape index (κ2) is 3.79. The van der Waals surface area contributed by atoms with Gasteiger partial charge in [0.2, 0.25) is 6.54 Å². The van der Waals surface area contributed by atoms with E-state index in [1.807, 2.05) is 0 Å². The van der Waals surface area contributed by atoms with Crippen molar-refractivity contribution in [2.75, 3.05) is 6.54 Å². The quantitative estimate of drug-likeness (QED) is 0.435. The molecule has 0 saturated heterocycles. The Morgan fingerprint density at radius 2 is 2.36 bits per heavy atom. The standard InChI is InChI=1S/C7H12N2O5/c10-6(11)8-5-2-1-3-7(5,12)4-9(13)14/h5,8,12H,1-4H2,(H,10,11). The first-order chi connectivity index (χ1) is 6.44.